The Morgan fingerprint density at radius 2 is 1.69 bits per heavy atom. The summed E-state index contributed by atoms with van der Waals surface area (Å²) in [6.07, 6.45) is 0.872. The Kier molecular flexibility index (Phi) is 12.9. The zero-order chi connectivity index (χ0) is 37.6. The Balaban J connectivity index is 1.16. The number of ether oxygens (including phenoxy) is 1. The summed E-state index contributed by atoms with van der Waals surface area (Å²) in [5.74, 6) is -0.428. The molecule has 0 fully saturated rings. The molecule has 4 rings (SSSR count). The smallest absolute Gasteiger partial charge is 0.369 e. The number of fused-ring (bicyclic) bond motifs is 1. The number of benzene rings is 2. The molecular weight excluding hydrogens is 710 g/mol. The van der Waals surface area contributed by atoms with Crippen molar-refractivity contribution in [2.24, 2.45) is 0 Å². The van der Waals surface area contributed by atoms with E-state index in [1.54, 1.807) is 43.3 Å². The molecule has 1 amide bonds. The third-order valence-corrected chi connectivity index (χ3v) is 11.8. The summed E-state index contributed by atoms with van der Waals surface area (Å²) in [5, 5.41) is 30.2. The standard InChI is InChI=1S/C33H38N2O14P2/c1-21-4-11-27-28(38)17-29(49-31(27)30(21)39)23-5-7-24(8-6-23)32(40)34-13-16-48-15-12-25(36)9-10-26(37)20-35-14-2-3-22(19-35)18-33(41,50(42,43)44)51(45,46)47/h2-8,11,14,17,19,26,37,41H,9-10,12-13,15-16,18,20H2,1H3,(H5-,34,39,40,42,43,44,45,46,47)/p+1. The number of phenolic OH excluding ortho intramolecular Hbond substituents is 1. The number of pyridine rings is 1. The summed E-state index contributed by atoms with van der Waals surface area (Å²) < 4.78 is 35.9. The predicted molar refractivity (Wildman–Crippen MR) is 182 cm³/mol. The molecule has 18 heteroatoms. The molecule has 0 radical (unpaired) electrons. The highest BCUT2D eigenvalue weighted by Gasteiger charge is 2.59. The highest BCUT2D eigenvalue weighted by molar-refractivity contribution is 7.72. The van der Waals surface area contributed by atoms with Crippen LogP contribution < -0.4 is 15.3 Å². The Morgan fingerprint density at radius 1 is 1.00 bits per heavy atom. The first-order valence-electron chi connectivity index (χ1n) is 15.6. The summed E-state index contributed by atoms with van der Waals surface area (Å²) in [7, 11) is -11.3. The van der Waals surface area contributed by atoms with Crippen molar-refractivity contribution in [2.75, 3.05) is 19.8 Å². The summed E-state index contributed by atoms with van der Waals surface area (Å²) in [6, 6.07) is 13.6. The molecule has 274 valence electrons. The van der Waals surface area contributed by atoms with Gasteiger partial charge in [-0.25, -0.2) is 4.57 Å². The third-order valence-electron chi connectivity index (χ3n) is 8.03. The van der Waals surface area contributed by atoms with Gasteiger partial charge in [0.05, 0.1) is 18.6 Å². The largest absolute Gasteiger partial charge is 0.504 e. The van der Waals surface area contributed by atoms with Gasteiger partial charge in [0, 0.05) is 54.6 Å². The van der Waals surface area contributed by atoms with E-state index in [0.29, 0.717) is 16.7 Å². The van der Waals surface area contributed by atoms with E-state index in [4.69, 9.17) is 9.15 Å². The first-order valence-corrected chi connectivity index (χ1v) is 18.9. The maximum atomic E-state index is 12.6. The molecule has 1 unspecified atom stereocenters. The van der Waals surface area contributed by atoms with Gasteiger partial charge in [-0.3, -0.25) is 23.5 Å². The van der Waals surface area contributed by atoms with Crippen molar-refractivity contribution < 1.29 is 67.3 Å². The van der Waals surface area contributed by atoms with Crippen molar-refractivity contribution in [3.63, 3.8) is 0 Å². The Bertz CT molecular complexity index is 2020. The fourth-order valence-corrected chi connectivity index (χ4v) is 7.22. The molecule has 0 saturated heterocycles. The van der Waals surface area contributed by atoms with Gasteiger partial charge in [-0.2, -0.15) is 0 Å². The van der Waals surface area contributed by atoms with Gasteiger partial charge in [-0.1, -0.05) is 18.2 Å². The number of nitrogens with zero attached hydrogens (tertiary/aromatic N) is 1. The van der Waals surface area contributed by atoms with Gasteiger partial charge in [0.15, 0.2) is 35.7 Å². The number of aliphatic hydroxyl groups is 2. The molecular formula is C33H39N2O14P2+. The number of nitrogens with one attached hydrogen (secondary N) is 1. The summed E-state index contributed by atoms with van der Waals surface area (Å²) in [4.78, 5) is 74.8. The number of aryl methyl sites for hydroxylation is 1. The molecule has 2 heterocycles. The second-order valence-electron chi connectivity index (χ2n) is 12.0. The third kappa shape index (κ3) is 10.0. The van der Waals surface area contributed by atoms with E-state index in [0.717, 1.165) is 0 Å². The van der Waals surface area contributed by atoms with Crippen LogP contribution in [0.2, 0.25) is 0 Å². The van der Waals surface area contributed by atoms with Gasteiger partial charge in [0.1, 0.15) is 17.6 Å². The molecule has 2 aromatic carbocycles. The molecule has 1 atom stereocenters. The number of carbonyl (C=O) groups excluding carboxylic acids is 2. The minimum Gasteiger partial charge on any atom is -0.504 e. The van der Waals surface area contributed by atoms with Crippen molar-refractivity contribution in [1.29, 1.82) is 0 Å². The summed E-state index contributed by atoms with van der Waals surface area (Å²) in [5.41, 5.74) is 1.22. The van der Waals surface area contributed by atoms with E-state index < -0.39 is 32.8 Å². The second-order valence-corrected chi connectivity index (χ2v) is 16.0. The Hall–Kier alpha value is -4.08. The average molecular weight is 750 g/mol. The maximum absolute atomic E-state index is 12.6. The van der Waals surface area contributed by atoms with Crippen LogP contribution in [0.15, 0.2) is 76.2 Å². The number of hydrogen-bond acceptors (Lipinski definition) is 10. The number of phenols is 1. The molecule has 16 nitrogen and oxygen atoms in total. The lowest BCUT2D eigenvalue weighted by Crippen LogP contribution is -2.40. The summed E-state index contributed by atoms with van der Waals surface area (Å²) >= 11 is 0. The molecule has 0 bridgehead atoms. The Labute approximate surface area is 291 Å². The fraction of sp³-hybridized carbons (Fsp3) is 0.333. The lowest BCUT2D eigenvalue weighted by atomic mass is 10.1. The molecule has 51 heavy (non-hydrogen) atoms. The molecule has 0 aliphatic rings. The molecule has 8 N–H and O–H groups in total. The topological polar surface area (TPSA) is 265 Å². The van der Waals surface area contributed by atoms with Crippen LogP contribution in [0.1, 0.15) is 40.7 Å². The number of aromatic nitrogens is 1. The molecule has 4 aromatic rings. The first kappa shape index (κ1) is 39.7. The number of aromatic hydroxyl groups is 1. The lowest BCUT2D eigenvalue weighted by Gasteiger charge is -2.28. The number of hydrogen-bond donors (Lipinski definition) is 8. The van der Waals surface area contributed by atoms with E-state index >= 15 is 0 Å². The van der Waals surface area contributed by atoms with Crippen molar-refractivity contribution in [3.05, 3.63) is 93.9 Å². The van der Waals surface area contributed by atoms with Crippen LogP contribution in [0.25, 0.3) is 22.3 Å². The van der Waals surface area contributed by atoms with Crippen LogP contribution in [0.4, 0.5) is 0 Å². The van der Waals surface area contributed by atoms with Gasteiger partial charge < -0.3 is 49.4 Å². The van der Waals surface area contributed by atoms with Crippen LogP contribution in [-0.2, 0) is 31.6 Å². The van der Waals surface area contributed by atoms with Crippen molar-refractivity contribution in [2.45, 2.75) is 50.3 Å². The molecule has 0 saturated carbocycles. The normalized spacial score (nSPS) is 12.9. The predicted octanol–water partition coefficient (Wildman–Crippen LogP) is 1.85. The minimum absolute atomic E-state index is 0.00747. The van der Waals surface area contributed by atoms with E-state index in [1.807, 2.05) is 0 Å². The Morgan fingerprint density at radius 3 is 2.35 bits per heavy atom. The monoisotopic (exact) mass is 749 g/mol. The second kappa shape index (κ2) is 16.5. The van der Waals surface area contributed by atoms with Gasteiger partial charge >= 0.3 is 15.2 Å². The number of carbonyl (C=O) groups is 2. The molecule has 0 aliphatic heterocycles. The van der Waals surface area contributed by atoms with Crippen molar-refractivity contribution >= 4 is 37.9 Å². The quantitative estimate of drug-likeness (QED) is 0.0435. The van der Waals surface area contributed by atoms with Crippen molar-refractivity contribution in [3.8, 4) is 17.1 Å². The van der Waals surface area contributed by atoms with E-state index in [1.165, 1.54) is 35.2 Å². The van der Waals surface area contributed by atoms with Gasteiger partial charge in [-0.15, -0.1) is 0 Å². The highest BCUT2D eigenvalue weighted by Crippen LogP contribution is 2.68. The molecule has 0 aliphatic carbocycles. The van der Waals surface area contributed by atoms with Crippen molar-refractivity contribution in [1.82, 2.24) is 5.32 Å². The summed E-state index contributed by atoms with van der Waals surface area (Å²) in [6.45, 7) is 2.04. The fourth-order valence-electron chi connectivity index (χ4n) is 5.09. The number of aliphatic hydroxyl groups excluding tert-OH is 1. The number of amides is 1. The first-order chi connectivity index (χ1) is 23.9. The molecule has 2 aromatic heterocycles. The number of rotatable bonds is 17. The van der Waals surface area contributed by atoms with E-state index in [2.05, 4.69) is 5.32 Å². The maximum Gasteiger partial charge on any atom is 0.369 e. The average Bonchev–Trinajstić information content (AvgIpc) is 3.06. The van der Waals surface area contributed by atoms with E-state index in [9.17, 15) is 58.4 Å². The van der Waals surface area contributed by atoms with Gasteiger partial charge in [0.2, 0.25) is 0 Å². The molecule has 0 spiro atoms. The van der Waals surface area contributed by atoms with Crippen LogP contribution >= 0.6 is 15.2 Å². The zero-order valence-corrected chi connectivity index (χ0v) is 29.2. The lowest BCUT2D eigenvalue weighted by molar-refractivity contribution is -0.704. The highest BCUT2D eigenvalue weighted by atomic mass is 31.2. The van der Waals surface area contributed by atoms with Gasteiger partial charge in [0.25, 0.3) is 11.0 Å². The number of ketones is 1. The van der Waals surface area contributed by atoms with E-state index in [-0.39, 0.29) is 90.7 Å². The van der Waals surface area contributed by atoms with Crippen LogP contribution in [0.5, 0.6) is 5.75 Å². The van der Waals surface area contributed by atoms with Crippen LogP contribution in [0.3, 0.4) is 0 Å². The SMILES string of the molecule is Cc1ccc2c(=O)cc(-c3ccc(C(=O)NCCOCCC(=O)CCC(O)C[n+]4cccc(CC(O)(P(=O)(O)O)P(=O)(O)O)c4)cc3)oc2c1O. The minimum atomic E-state index is -5.64. The van der Waals surface area contributed by atoms with Crippen LogP contribution in [0, 0.1) is 6.92 Å². The van der Waals surface area contributed by atoms with Crippen LogP contribution in [-0.4, -0.2) is 77.5 Å². The van der Waals surface area contributed by atoms with Gasteiger partial charge in [-0.05, 0) is 43.2 Å². The zero-order valence-electron chi connectivity index (χ0n) is 27.4. The number of Topliss-reactive ketones (excluding diaryl/α,β-unsaturated/α-hetero) is 1.